The molecular formula is C21H24N5O10P. The SMILES string of the molecule is NC(CCOc1ccc(/C(=N/O)C(=O)N[C@H]2CN([C@H](c3cc[n+]([O-])cc3)P(=O)(O)O)C2=O)cc1)C(=O)O. The lowest BCUT2D eigenvalue weighted by Gasteiger charge is -2.43. The van der Waals surface area contributed by atoms with E-state index in [1.54, 1.807) is 0 Å². The molecule has 1 aromatic carbocycles. The Morgan fingerprint density at radius 2 is 1.86 bits per heavy atom. The van der Waals surface area contributed by atoms with E-state index < -0.39 is 49.0 Å². The number of aliphatic carboxylic acids is 1. The fourth-order valence-corrected chi connectivity index (χ4v) is 4.66. The van der Waals surface area contributed by atoms with Crippen molar-refractivity contribution < 1.29 is 48.5 Å². The molecule has 2 heterocycles. The average Bonchev–Trinajstić information content (AvgIpc) is 2.84. The number of rotatable bonds is 11. The van der Waals surface area contributed by atoms with Crippen molar-refractivity contribution in [2.75, 3.05) is 13.2 Å². The summed E-state index contributed by atoms with van der Waals surface area (Å²) in [7, 11) is -4.86. The topological polar surface area (TPSA) is 239 Å². The van der Waals surface area contributed by atoms with Crippen LogP contribution in [0.4, 0.5) is 0 Å². The number of aromatic nitrogens is 1. The van der Waals surface area contributed by atoms with Gasteiger partial charge >= 0.3 is 13.6 Å². The number of ether oxygens (including phenoxy) is 1. The monoisotopic (exact) mass is 537 g/mol. The molecule has 2 amide bonds. The number of likely N-dealkylation sites (tertiary alicyclic amines) is 1. The summed E-state index contributed by atoms with van der Waals surface area (Å²) in [5, 5.41) is 34.7. The van der Waals surface area contributed by atoms with Crippen molar-refractivity contribution in [1.29, 1.82) is 0 Å². The molecule has 7 N–H and O–H groups in total. The Kier molecular flexibility index (Phi) is 8.45. The van der Waals surface area contributed by atoms with E-state index in [0.29, 0.717) is 10.5 Å². The van der Waals surface area contributed by atoms with Crippen LogP contribution in [0.2, 0.25) is 0 Å². The zero-order chi connectivity index (χ0) is 27.3. The first-order valence-corrected chi connectivity index (χ1v) is 12.4. The van der Waals surface area contributed by atoms with Gasteiger partial charge in [0.1, 0.15) is 17.8 Å². The molecule has 37 heavy (non-hydrogen) atoms. The highest BCUT2D eigenvalue weighted by Crippen LogP contribution is 2.54. The van der Waals surface area contributed by atoms with Crippen LogP contribution >= 0.6 is 7.60 Å². The molecule has 0 saturated carbocycles. The van der Waals surface area contributed by atoms with Crippen LogP contribution in [0.1, 0.15) is 23.3 Å². The number of nitrogens with one attached hydrogen (secondary N) is 1. The number of benzene rings is 1. The summed E-state index contributed by atoms with van der Waals surface area (Å²) in [4.78, 5) is 56.4. The van der Waals surface area contributed by atoms with Crippen molar-refractivity contribution in [1.82, 2.24) is 10.2 Å². The number of amides is 2. The molecule has 2 aromatic rings. The number of nitrogens with zero attached hydrogens (tertiary/aromatic N) is 3. The molecule has 16 heteroatoms. The summed E-state index contributed by atoms with van der Waals surface area (Å²) in [5.41, 5.74) is 5.18. The lowest BCUT2D eigenvalue weighted by molar-refractivity contribution is -0.605. The van der Waals surface area contributed by atoms with Gasteiger partial charge in [0, 0.05) is 24.1 Å². The van der Waals surface area contributed by atoms with Gasteiger partial charge < -0.3 is 46.0 Å². The number of β-lactam (4-membered cyclic amide) rings is 1. The molecule has 1 fully saturated rings. The summed E-state index contributed by atoms with van der Waals surface area (Å²) in [6.07, 6.45) is 2.14. The van der Waals surface area contributed by atoms with E-state index in [0.717, 1.165) is 17.3 Å². The van der Waals surface area contributed by atoms with Crippen LogP contribution in [0, 0.1) is 5.21 Å². The molecular weight excluding hydrogens is 513 g/mol. The predicted molar refractivity (Wildman–Crippen MR) is 124 cm³/mol. The van der Waals surface area contributed by atoms with E-state index in [-0.39, 0.29) is 30.7 Å². The van der Waals surface area contributed by atoms with E-state index >= 15 is 0 Å². The highest BCUT2D eigenvalue weighted by atomic mass is 31.2. The number of carbonyl (C=O) groups excluding carboxylic acids is 2. The first-order chi connectivity index (χ1) is 17.4. The molecule has 1 saturated heterocycles. The van der Waals surface area contributed by atoms with Gasteiger partial charge in [-0.05, 0) is 29.8 Å². The summed E-state index contributed by atoms with van der Waals surface area (Å²) in [6.45, 7) is -0.208. The molecule has 0 aliphatic carbocycles. The number of hydrogen-bond donors (Lipinski definition) is 6. The molecule has 198 valence electrons. The van der Waals surface area contributed by atoms with Crippen molar-refractivity contribution in [3.63, 3.8) is 0 Å². The lowest BCUT2D eigenvalue weighted by atomic mass is 10.0. The number of hydrogen-bond acceptors (Lipinski definition) is 9. The van der Waals surface area contributed by atoms with Crippen LogP contribution in [0.5, 0.6) is 5.75 Å². The number of carboxylic acid groups (broad SMARTS) is 1. The van der Waals surface area contributed by atoms with Crippen LogP contribution in [-0.2, 0) is 18.9 Å². The van der Waals surface area contributed by atoms with Crippen molar-refractivity contribution in [3.05, 3.63) is 65.1 Å². The van der Waals surface area contributed by atoms with Crippen LogP contribution in [0.3, 0.4) is 0 Å². The van der Waals surface area contributed by atoms with Gasteiger partial charge in [0.25, 0.3) is 5.91 Å². The number of oxime groups is 1. The van der Waals surface area contributed by atoms with E-state index in [9.17, 15) is 39.1 Å². The highest BCUT2D eigenvalue weighted by molar-refractivity contribution is 7.52. The van der Waals surface area contributed by atoms with Gasteiger partial charge in [-0.25, -0.2) is 0 Å². The third-order valence-electron chi connectivity index (χ3n) is 5.46. The Bertz CT molecular complexity index is 1230. The van der Waals surface area contributed by atoms with Gasteiger partial charge in [-0.1, -0.05) is 5.16 Å². The van der Waals surface area contributed by atoms with E-state index in [1.165, 1.54) is 36.4 Å². The van der Waals surface area contributed by atoms with Crippen LogP contribution in [-0.4, -0.2) is 73.7 Å². The van der Waals surface area contributed by atoms with Crippen molar-refractivity contribution >= 4 is 31.1 Å². The van der Waals surface area contributed by atoms with Gasteiger partial charge in [0.2, 0.25) is 5.91 Å². The molecule has 0 bridgehead atoms. The number of carbonyl (C=O) groups is 3. The smallest absolute Gasteiger partial charge is 0.352 e. The van der Waals surface area contributed by atoms with E-state index in [4.69, 9.17) is 15.6 Å². The standard InChI is InChI=1S/C21H24N5O10P/c22-15(21(29)30)7-10-36-14-3-1-12(2-4-14)17(24-31)18(27)23-16-11-26(19(16)28)20(37(33,34)35)13-5-8-25(32)9-6-13/h1-6,8-9,15-16,20,31H,7,10-11,22H2,(H,23,27)(H,29,30)(H2,33,34,35)/b24-17-/t15?,16-,20-/m0/s1. The molecule has 0 radical (unpaired) electrons. The quantitative estimate of drug-likeness (QED) is 0.0382. The molecule has 1 aliphatic rings. The number of pyridine rings is 1. The summed E-state index contributed by atoms with van der Waals surface area (Å²) in [5.74, 6) is -4.15. The molecule has 3 atom stereocenters. The van der Waals surface area contributed by atoms with Crippen LogP contribution < -0.4 is 20.5 Å². The van der Waals surface area contributed by atoms with Gasteiger partial charge in [-0.2, -0.15) is 4.73 Å². The number of nitrogens with two attached hydrogens (primary N) is 1. The van der Waals surface area contributed by atoms with Gasteiger partial charge in [-0.3, -0.25) is 18.9 Å². The second-order valence-corrected chi connectivity index (χ2v) is 9.69. The Morgan fingerprint density at radius 1 is 1.24 bits per heavy atom. The minimum Gasteiger partial charge on any atom is -0.619 e. The van der Waals surface area contributed by atoms with Gasteiger partial charge in [0.05, 0.1) is 13.2 Å². The van der Waals surface area contributed by atoms with Crippen LogP contribution in [0.15, 0.2) is 53.9 Å². The maximum Gasteiger partial charge on any atom is 0.352 e. The predicted octanol–water partition coefficient (Wildman–Crippen LogP) is -1.12. The zero-order valence-electron chi connectivity index (χ0n) is 19.1. The Balaban J connectivity index is 1.61. The maximum absolute atomic E-state index is 12.6. The molecule has 1 aliphatic heterocycles. The zero-order valence-corrected chi connectivity index (χ0v) is 20.0. The van der Waals surface area contributed by atoms with Crippen molar-refractivity contribution in [3.8, 4) is 5.75 Å². The lowest BCUT2D eigenvalue weighted by Crippen LogP contribution is -2.65. The molecule has 1 aromatic heterocycles. The van der Waals surface area contributed by atoms with Crippen molar-refractivity contribution in [2.45, 2.75) is 24.3 Å². The summed E-state index contributed by atoms with van der Waals surface area (Å²) in [6, 6.07) is 5.86. The number of carboxylic acids is 1. The van der Waals surface area contributed by atoms with Crippen molar-refractivity contribution in [2.24, 2.45) is 10.9 Å². The molecule has 3 rings (SSSR count). The molecule has 1 unspecified atom stereocenters. The minimum atomic E-state index is -4.86. The third-order valence-corrected chi connectivity index (χ3v) is 6.68. The normalized spacial score (nSPS) is 17.5. The van der Waals surface area contributed by atoms with Gasteiger partial charge in [0.15, 0.2) is 23.9 Å². The Morgan fingerprint density at radius 3 is 2.38 bits per heavy atom. The fraction of sp³-hybridized carbons (Fsp3) is 0.286. The average molecular weight is 537 g/mol. The van der Waals surface area contributed by atoms with E-state index in [2.05, 4.69) is 10.5 Å². The fourth-order valence-electron chi connectivity index (χ4n) is 3.53. The second kappa shape index (κ2) is 11.3. The maximum atomic E-state index is 12.6. The third kappa shape index (κ3) is 6.59. The van der Waals surface area contributed by atoms with Gasteiger partial charge in [-0.15, -0.1) is 0 Å². The second-order valence-electron chi connectivity index (χ2n) is 8.03. The Hall–Kier alpha value is -4.04. The van der Waals surface area contributed by atoms with E-state index in [1.807, 2.05) is 0 Å². The molecule has 0 spiro atoms. The summed E-state index contributed by atoms with van der Waals surface area (Å²) >= 11 is 0. The highest BCUT2D eigenvalue weighted by Gasteiger charge is 2.49. The Labute approximate surface area is 209 Å². The first kappa shape index (κ1) is 27.5. The summed E-state index contributed by atoms with van der Waals surface area (Å²) < 4.78 is 17.9. The van der Waals surface area contributed by atoms with Crippen LogP contribution in [0.25, 0.3) is 0 Å². The molecule has 15 nitrogen and oxygen atoms in total. The minimum absolute atomic E-state index is 0.0318. The first-order valence-electron chi connectivity index (χ1n) is 10.7. The largest absolute Gasteiger partial charge is 0.619 e.